The van der Waals surface area contributed by atoms with E-state index in [2.05, 4.69) is 10.00 Å². The molecular formula is C17H28N4O. The number of nitrogens with zero attached hydrogens (tertiary/aromatic N) is 4. The highest BCUT2D eigenvalue weighted by Gasteiger charge is 2.28. The summed E-state index contributed by atoms with van der Waals surface area (Å²) in [6.07, 6.45) is 5.95. The summed E-state index contributed by atoms with van der Waals surface area (Å²) in [5.74, 6) is 0.255. The average Bonchev–Trinajstić information content (AvgIpc) is 3.12. The van der Waals surface area contributed by atoms with Crippen LogP contribution >= 0.6 is 0 Å². The Morgan fingerprint density at radius 3 is 2.32 bits per heavy atom. The Morgan fingerprint density at radius 1 is 1.14 bits per heavy atom. The summed E-state index contributed by atoms with van der Waals surface area (Å²) < 4.78 is 1.87. The molecule has 0 unspecified atom stereocenters. The van der Waals surface area contributed by atoms with Crippen LogP contribution in [0.15, 0.2) is 0 Å². The molecule has 122 valence electrons. The zero-order valence-electron chi connectivity index (χ0n) is 14.1. The molecule has 5 nitrogen and oxygen atoms in total. The first kappa shape index (κ1) is 15.5. The molecule has 1 aliphatic heterocycles. The molecule has 1 aliphatic carbocycles. The van der Waals surface area contributed by atoms with E-state index in [1.807, 2.05) is 30.5 Å². The maximum absolute atomic E-state index is 12.6. The average molecular weight is 304 g/mol. The van der Waals surface area contributed by atoms with E-state index in [-0.39, 0.29) is 5.91 Å². The van der Waals surface area contributed by atoms with Gasteiger partial charge < -0.3 is 4.90 Å². The lowest BCUT2D eigenvalue weighted by atomic mass is 10.1. The SMILES string of the molecule is Cc1nn(C)c(C)c1CC(=O)N1CCN(C2CCCC2)CC1. The van der Waals surface area contributed by atoms with Gasteiger partial charge in [-0.3, -0.25) is 14.4 Å². The minimum atomic E-state index is 0.255. The molecule has 2 heterocycles. The smallest absolute Gasteiger partial charge is 0.227 e. The molecule has 0 bridgehead atoms. The van der Waals surface area contributed by atoms with E-state index in [0.29, 0.717) is 6.42 Å². The van der Waals surface area contributed by atoms with Crippen LogP contribution in [0.25, 0.3) is 0 Å². The second-order valence-electron chi connectivity index (χ2n) is 6.80. The summed E-state index contributed by atoms with van der Waals surface area (Å²) in [6, 6.07) is 0.778. The molecule has 2 aliphatic rings. The molecule has 0 aromatic carbocycles. The van der Waals surface area contributed by atoms with Crippen molar-refractivity contribution in [2.75, 3.05) is 26.2 Å². The third-order valence-electron chi connectivity index (χ3n) is 5.49. The maximum atomic E-state index is 12.6. The molecule has 0 N–H and O–H groups in total. The van der Waals surface area contributed by atoms with Crippen LogP contribution in [-0.4, -0.2) is 57.7 Å². The van der Waals surface area contributed by atoms with Crippen LogP contribution in [-0.2, 0) is 18.3 Å². The first-order valence-electron chi connectivity index (χ1n) is 8.57. The van der Waals surface area contributed by atoms with Crippen LogP contribution in [0.4, 0.5) is 0 Å². The van der Waals surface area contributed by atoms with E-state index in [1.165, 1.54) is 25.7 Å². The summed E-state index contributed by atoms with van der Waals surface area (Å²) in [5, 5.41) is 4.41. The van der Waals surface area contributed by atoms with Crippen LogP contribution < -0.4 is 0 Å². The van der Waals surface area contributed by atoms with Crippen LogP contribution in [0.5, 0.6) is 0 Å². The van der Waals surface area contributed by atoms with Crippen molar-refractivity contribution in [3.63, 3.8) is 0 Å². The van der Waals surface area contributed by atoms with Gasteiger partial charge in [-0.2, -0.15) is 5.10 Å². The molecule has 1 amide bonds. The molecule has 0 atom stereocenters. The fourth-order valence-electron chi connectivity index (χ4n) is 3.94. The van der Waals surface area contributed by atoms with Crippen molar-refractivity contribution in [3.8, 4) is 0 Å². The van der Waals surface area contributed by atoms with Gasteiger partial charge >= 0.3 is 0 Å². The lowest BCUT2D eigenvalue weighted by molar-refractivity contribution is -0.132. The van der Waals surface area contributed by atoms with E-state index in [0.717, 1.165) is 49.2 Å². The molecule has 1 saturated heterocycles. The summed E-state index contributed by atoms with van der Waals surface area (Å²) in [4.78, 5) is 17.2. The number of aromatic nitrogens is 2. The Morgan fingerprint density at radius 2 is 1.77 bits per heavy atom. The van der Waals surface area contributed by atoms with Crippen molar-refractivity contribution in [2.45, 2.75) is 52.0 Å². The van der Waals surface area contributed by atoms with Gasteiger partial charge in [0, 0.05) is 50.5 Å². The summed E-state index contributed by atoms with van der Waals surface area (Å²) in [5.41, 5.74) is 3.19. The normalized spacial score (nSPS) is 20.8. The highest BCUT2D eigenvalue weighted by atomic mass is 16.2. The molecule has 5 heteroatoms. The van der Waals surface area contributed by atoms with Gasteiger partial charge in [0.1, 0.15) is 0 Å². The molecule has 3 rings (SSSR count). The minimum Gasteiger partial charge on any atom is -0.340 e. The van der Waals surface area contributed by atoms with E-state index < -0.39 is 0 Å². The van der Waals surface area contributed by atoms with Crippen molar-refractivity contribution in [1.82, 2.24) is 19.6 Å². The van der Waals surface area contributed by atoms with Crippen LogP contribution in [0, 0.1) is 13.8 Å². The second-order valence-corrected chi connectivity index (χ2v) is 6.80. The highest BCUT2D eigenvalue weighted by Crippen LogP contribution is 2.24. The number of rotatable bonds is 3. The number of hydrogen-bond acceptors (Lipinski definition) is 3. The summed E-state index contributed by atoms with van der Waals surface area (Å²) >= 11 is 0. The van der Waals surface area contributed by atoms with E-state index >= 15 is 0 Å². The fourth-order valence-corrected chi connectivity index (χ4v) is 3.94. The topological polar surface area (TPSA) is 41.4 Å². The first-order chi connectivity index (χ1) is 10.6. The highest BCUT2D eigenvalue weighted by molar-refractivity contribution is 5.79. The second kappa shape index (κ2) is 6.41. The van der Waals surface area contributed by atoms with Gasteiger partial charge in [0.05, 0.1) is 12.1 Å². The standard InChI is InChI=1S/C17H28N4O/c1-13-16(14(2)19(3)18-13)12-17(22)21-10-8-20(9-11-21)15-6-4-5-7-15/h15H,4-12H2,1-3H3. The number of carbonyl (C=O) groups excluding carboxylic acids is 1. The van der Waals surface area contributed by atoms with Gasteiger partial charge in [-0.05, 0) is 26.7 Å². The maximum Gasteiger partial charge on any atom is 0.227 e. The van der Waals surface area contributed by atoms with E-state index in [4.69, 9.17) is 0 Å². The number of piperazine rings is 1. The van der Waals surface area contributed by atoms with Gasteiger partial charge in [0.2, 0.25) is 5.91 Å². The molecule has 22 heavy (non-hydrogen) atoms. The zero-order valence-corrected chi connectivity index (χ0v) is 14.1. The fraction of sp³-hybridized carbons (Fsp3) is 0.765. The molecule has 1 aromatic rings. The summed E-state index contributed by atoms with van der Waals surface area (Å²) in [6.45, 7) is 7.89. The Bertz CT molecular complexity index is 537. The van der Waals surface area contributed by atoms with Crippen molar-refractivity contribution in [2.24, 2.45) is 7.05 Å². The Labute approximate surface area is 133 Å². The van der Waals surface area contributed by atoms with Gasteiger partial charge in [-0.25, -0.2) is 0 Å². The van der Waals surface area contributed by atoms with Crippen molar-refractivity contribution in [1.29, 1.82) is 0 Å². The predicted octanol–water partition coefficient (Wildman–Crippen LogP) is 1.67. The Balaban J connectivity index is 1.55. The van der Waals surface area contributed by atoms with Crippen molar-refractivity contribution >= 4 is 5.91 Å². The number of hydrogen-bond donors (Lipinski definition) is 0. The van der Waals surface area contributed by atoms with Gasteiger partial charge in [-0.1, -0.05) is 12.8 Å². The van der Waals surface area contributed by atoms with Gasteiger partial charge in [0.15, 0.2) is 0 Å². The lowest BCUT2D eigenvalue weighted by Gasteiger charge is -2.38. The number of amides is 1. The predicted molar refractivity (Wildman–Crippen MR) is 86.8 cm³/mol. The van der Waals surface area contributed by atoms with E-state index in [9.17, 15) is 4.79 Å². The van der Waals surface area contributed by atoms with E-state index in [1.54, 1.807) is 0 Å². The molecule has 1 saturated carbocycles. The molecule has 1 aromatic heterocycles. The quantitative estimate of drug-likeness (QED) is 0.853. The monoisotopic (exact) mass is 304 g/mol. The van der Waals surface area contributed by atoms with Crippen molar-refractivity contribution in [3.05, 3.63) is 17.0 Å². The van der Waals surface area contributed by atoms with Crippen LogP contribution in [0.3, 0.4) is 0 Å². The largest absolute Gasteiger partial charge is 0.340 e. The summed E-state index contributed by atoms with van der Waals surface area (Å²) in [7, 11) is 1.94. The lowest BCUT2D eigenvalue weighted by Crippen LogP contribution is -2.51. The molecular weight excluding hydrogens is 276 g/mol. The third-order valence-corrected chi connectivity index (χ3v) is 5.49. The molecule has 0 spiro atoms. The van der Waals surface area contributed by atoms with Crippen molar-refractivity contribution < 1.29 is 4.79 Å². The first-order valence-corrected chi connectivity index (χ1v) is 8.57. The van der Waals surface area contributed by atoms with Gasteiger partial charge in [-0.15, -0.1) is 0 Å². The Hall–Kier alpha value is -1.36. The number of carbonyl (C=O) groups is 1. The number of aryl methyl sites for hydroxylation is 2. The Kier molecular flexibility index (Phi) is 4.52. The zero-order chi connectivity index (χ0) is 15.7. The van der Waals surface area contributed by atoms with Crippen LogP contribution in [0.1, 0.15) is 42.6 Å². The molecule has 2 fully saturated rings. The van der Waals surface area contributed by atoms with Crippen LogP contribution in [0.2, 0.25) is 0 Å². The molecule has 0 radical (unpaired) electrons. The third kappa shape index (κ3) is 3.05. The van der Waals surface area contributed by atoms with Gasteiger partial charge in [0.25, 0.3) is 0 Å². The minimum absolute atomic E-state index is 0.255.